The van der Waals surface area contributed by atoms with Crippen molar-refractivity contribution >= 4 is 11.8 Å². The highest BCUT2D eigenvalue weighted by molar-refractivity contribution is 5.73. The molecule has 0 aliphatic carbocycles. The Labute approximate surface area is 153 Å². The Kier molecular flexibility index (Phi) is 6.43. The summed E-state index contributed by atoms with van der Waals surface area (Å²) >= 11 is 0. The van der Waals surface area contributed by atoms with Crippen LogP contribution in [0, 0.1) is 0 Å². The van der Waals surface area contributed by atoms with E-state index in [0.717, 1.165) is 31.7 Å². The molecule has 154 valence electrons. The minimum Gasteiger partial charge on any atom is -0.475 e. The van der Waals surface area contributed by atoms with Crippen molar-refractivity contribution in [3.63, 3.8) is 0 Å². The number of hydrogen-bond acceptors (Lipinski definition) is 7. The van der Waals surface area contributed by atoms with Crippen molar-refractivity contribution in [1.29, 1.82) is 0 Å². The number of halogens is 6. The molecule has 0 aromatic carbocycles. The van der Waals surface area contributed by atoms with E-state index in [4.69, 9.17) is 9.90 Å². The lowest BCUT2D eigenvalue weighted by Gasteiger charge is -2.29. The number of anilines is 1. The van der Waals surface area contributed by atoms with Crippen LogP contribution >= 0.6 is 0 Å². The van der Waals surface area contributed by atoms with Crippen LogP contribution in [-0.2, 0) is 11.0 Å². The lowest BCUT2D eigenvalue weighted by molar-refractivity contribution is -0.192. The fourth-order valence-electron chi connectivity index (χ4n) is 2.20. The van der Waals surface area contributed by atoms with E-state index in [9.17, 15) is 26.3 Å². The number of carboxylic acids is 1. The first-order valence-electron chi connectivity index (χ1n) is 7.60. The minimum absolute atomic E-state index is 0.0992. The number of pyridine rings is 1. The highest BCUT2D eigenvalue weighted by Crippen LogP contribution is 2.34. The second-order valence-electron chi connectivity index (χ2n) is 5.39. The van der Waals surface area contributed by atoms with Crippen LogP contribution in [0.4, 0.5) is 32.2 Å². The van der Waals surface area contributed by atoms with Gasteiger partial charge in [0.1, 0.15) is 5.82 Å². The summed E-state index contributed by atoms with van der Waals surface area (Å²) in [4.78, 5) is 18.6. The van der Waals surface area contributed by atoms with Gasteiger partial charge in [0.25, 0.3) is 0 Å². The number of rotatable bonds is 2. The van der Waals surface area contributed by atoms with Gasteiger partial charge in [-0.25, -0.2) is 9.78 Å². The van der Waals surface area contributed by atoms with E-state index in [1.807, 2.05) is 4.90 Å². The Morgan fingerprint density at radius 2 is 1.75 bits per heavy atom. The molecule has 8 nitrogen and oxygen atoms in total. The van der Waals surface area contributed by atoms with Crippen molar-refractivity contribution < 1.29 is 40.8 Å². The van der Waals surface area contributed by atoms with E-state index in [1.165, 1.54) is 0 Å². The fourth-order valence-corrected chi connectivity index (χ4v) is 2.20. The monoisotopic (exact) mass is 413 g/mol. The van der Waals surface area contributed by atoms with Gasteiger partial charge in [-0.15, -0.1) is 0 Å². The maximum atomic E-state index is 12.9. The average molecular weight is 413 g/mol. The van der Waals surface area contributed by atoms with Gasteiger partial charge in [0.05, 0.1) is 11.1 Å². The van der Waals surface area contributed by atoms with E-state index < -0.39 is 23.9 Å². The number of piperazine rings is 1. The first-order valence-corrected chi connectivity index (χ1v) is 7.60. The molecule has 2 aromatic rings. The zero-order valence-electron chi connectivity index (χ0n) is 13.9. The molecule has 0 spiro atoms. The normalized spacial score (nSPS) is 15.0. The number of nitrogens with one attached hydrogen (secondary N) is 1. The Bertz CT molecular complexity index is 788. The summed E-state index contributed by atoms with van der Waals surface area (Å²) in [5, 5.41) is 13.9. The maximum absolute atomic E-state index is 12.9. The number of carboxylic acid groups (broad SMARTS) is 1. The summed E-state index contributed by atoms with van der Waals surface area (Å²) in [6.07, 6.45) is -7.63. The summed E-state index contributed by atoms with van der Waals surface area (Å²) in [6, 6.07) is 1.01. The molecule has 0 saturated carbocycles. The van der Waals surface area contributed by atoms with Gasteiger partial charge in [-0.1, -0.05) is 5.16 Å². The van der Waals surface area contributed by atoms with Crippen molar-refractivity contribution in [2.75, 3.05) is 31.1 Å². The van der Waals surface area contributed by atoms with Gasteiger partial charge >= 0.3 is 18.3 Å². The second-order valence-corrected chi connectivity index (χ2v) is 5.39. The highest BCUT2D eigenvalue weighted by Gasteiger charge is 2.38. The van der Waals surface area contributed by atoms with Gasteiger partial charge in [0, 0.05) is 32.4 Å². The molecule has 0 amide bonds. The van der Waals surface area contributed by atoms with E-state index in [0.29, 0.717) is 18.9 Å². The molecule has 1 aliphatic rings. The summed E-state index contributed by atoms with van der Waals surface area (Å²) in [6.45, 7) is 2.80. The van der Waals surface area contributed by atoms with Crippen LogP contribution in [0.5, 0.6) is 0 Å². The summed E-state index contributed by atoms with van der Waals surface area (Å²) in [5.41, 5.74) is -0.610. The summed E-state index contributed by atoms with van der Waals surface area (Å²) in [5.74, 6) is -2.22. The number of aromatic nitrogens is 3. The van der Waals surface area contributed by atoms with Crippen molar-refractivity contribution in [2.24, 2.45) is 0 Å². The fraction of sp³-hybridized carbons (Fsp3) is 0.429. The third kappa shape index (κ3) is 5.55. The maximum Gasteiger partial charge on any atom is 0.490 e. The molecule has 0 unspecified atom stereocenters. The second kappa shape index (κ2) is 8.41. The van der Waals surface area contributed by atoms with Gasteiger partial charge in [0.2, 0.25) is 12.2 Å². The van der Waals surface area contributed by atoms with Gasteiger partial charge in [-0.2, -0.15) is 31.3 Å². The number of nitrogens with zero attached hydrogens (tertiary/aromatic N) is 4. The van der Waals surface area contributed by atoms with Crippen LogP contribution in [0.3, 0.4) is 0 Å². The highest BCUT2D eigenvalue weighted by atomic mass is 19.4. The largest absolute Gasteiger partial charge is 0.490 e. The van der Waals surface area contributed by atoms with Crippen molar-refractivity contribution in [2.45, 2.75) is 12.4 Å². The zero-order chi connectivity index (χ0) is 20.9. The molecular formula is C14H13F6N5O3. The quantitative estimate of drug-likeness (QED) is 0.723. The Balaban J connectivity index is 0.000000345. The molecule has 0 bridgehead atoms. The van der Waals surface area contributed by atoms with E-state index in [2.05, 4.69) is 25.0 Å². The molecular weight excluding hydrogens is 400 g/mol. The summed E-state index contributed by atoms with van der Waals surface area (Å²) < 4.78 is 74.9. The molecule has 28 heavy (non-hydrogen) atoms. The first-order chi connectivity index (χ1) is 13.0. The molecule has 1 fully saturated rings. The van der Waals surface area contributed by atoms with E-state index in [1.54, 1.807) is 0 Å². The molecule has 1 saturated heterocycles. The minimum atomic E-state index is -5.08. The van der Waals surface area contributed by atoms with Gasteiger partial charge < -0.3 is 19.8 Å². The van der Waals surface area contributed by atoms with Crippen LogP contribution in [0.25, 0.3) is 11.4 Å². The van der Waals surface area contributed by atoms with Gasteiger partial charge in [-0.3, -0.25) is 0 Å². The standard InChI is InChI=1S/C12H12F3N5O.C2HF3O2/c13-12(14,15)8-5-9(10-18-7-21-19-10)11(17-6-8)20-3-1-16-2-4-20;3-2(4,5)1(6)7/h5-7,16H,1-4H2;(H,6,7). The topological polar surface area (TPSA) is 104 Å². The molecule has 0 atom stereocenters. The molecule has 3 heterocycles. The number of alkyl halides is 6. The Morgan fingerprint density at radius 3 is 2.21 bits per heavy atom. The Morgan fingerprint density at radius 1 is 1.14 bits per heavy atom. The van der Waals surface area contributed by atoms with Crippen molar-refractivity contribution in [3.8, 4) is 11.4 Å². The van der Waals surface area contributed by atoms with E-state index >= 15 is 0 Å². The molecule has 14 heteroatoms. The van der Waals surface area contributed by atoms with Gasteiger partial charge in [-0.05, 0) is 6.07 Å². The SMILES string of the molecule is FC(F)(F)c1cnc(N2CCNCC2)c(-c2ncon2)c1.O=C(O)C(F)(F)F. The number of aliphatic carboxylic acids is 1. The van der Waals surface area contributed by atoms with E-state index in [-0.39, 0.29) is 11.4 Å². The first kappa shape index (κ1) is 21.4. The molecule has 0 radical (unpaired) electrons. The van der Waals surface area contributed by atoms with Crippen LogP contribution in [-0.4, -0.2) is 58.6 Å². The molecule has 3 rings (SSSR count). The van der Waals surface area contributed by atoms with Crippen molar-refractivity contribution in [3.05, 3.63) is 24.2 Å². The molecule has 2 N–H and O–H groups in total. The predicted octanol–water partition coefficient (Wildman–Crippen LogP) is 2.19. The van der Waals surface area contributed by atoms with Crippen LogP contribution in [0.15, 0.2) is 23.2 Å². The molecule has 1 aliphatic heterocycles. The number of hydrogen-bond donors (Lipinski definition) is 2. The predicted molar refractivity (Wildman–Crippen MR) is 81.3 cm³/mol. The third-order valence-electron chi connectivity index (χ3n) is 3.46. The smallest absolute Gasteiger partial charge is 0.475 e. The zero-order valence-corrected chi connectivity index (χ0v) is 13.9. The number of carbonyl (C=O) groups is 1. The average Bonchev–Trinajstić information content (AvgIpc) is 3.15. The molecule has 2 aromatic heterocycles. The lowest BCUT2D eigenvalue weighted by Crippen LogP contribution is -2.44. The van der Waals surface area contributed by atoms with Crippen LogP contribution in [0.1, 0.15) is 5.56 Å². The summed E-state index contributed by atoms with van der Waals surface area (Å²) in [7, 11) is 0. The third-order valence-corrected chi connectivity index (χ3v) is 3.46. The Hall–Kier alpha value is -2.90. The van der Waals surface area contributed by atoms with Crippen molar-refractivity contribution in [1.82, 2.24) is 20.4 Å². The lowest BCUT2D eigenvalue weighted by atomic mass is 10.1. The van der Waals surface area contributed by atoms with Gasteiger partial charge in [0.15, 0.2) is 0 Å². The van der Waals surface area contributed by atoms with Crippen LogP contribution in [0.2, 0.25) is 0 Å². The van der Waals surface area contributed by atoms with Crippen LogP contribution < -0.4 is 10.2 Å².